The molecule has 0 aliphatic heterocycles. The number of benzene rings is 9. The molecule has 0 atom stereocenters. The van der Waals surface area contributed by atoms with Crippen LogP contribution in [0.2, 0.25) is 0 Å². The SMILES string of the molecule is c1ccc2c(c1)-c1ccccc1-c1cccc(-c3cc(-c4ccc5oc6ccccc6c5c4)cc(-c4ccc5sc6ccccc6c5c4)c3)c1-c1ccccc1-2. The minimum atomic E-state index is 0.904. The van der Waals surface area contributed by atoms with Crippen molar-refractivity contribution >= 4 is 53.4 Å². The van der Waals surface area contributed by atoms with Crippen LogP contribution in [0.25, 0.3) is 120 Å². The van der Waals surface area contributed by atoms with Crippen molar-refractivity contribution in [2.24, 2.45) is 0 Å². The van der Waals surface area contributed by atoms with Gasteiger partial charge in [-0.3, -0.25) is 0 Å². The van der Waals surface area contributed by atoms with Gasteiger partial charge in [0.1, 0.15) is 11.2 Å². The molecule has 0 radical (unpaired) electrons. The Bertz CT molecular complexity index is 3240. The van der Waals surface area contributed by atoms with E-state index in [9.17, 15) is 0 Å². The fourth-order valence-corrected chi connectivity index (χ4v) is 10.2. The molecule has 0 N–H and O–H groups in total. The predicted octanol–water partition coefficient (Wildman–Crippen LogP) is 15.9. The molecule has 0 fully saturated rings. The second-order valence-corrected chi connectivity index (χ2v) is 15.9. The van der Waals surface area contributed by atoms with Crippen molar-refractivity contribution < 1.29 is 4.42 Å². The van der Waals surface area contributed by atoms with E-state index in [0.717, 1.165) is 27.5 Å². The zero-order valence-electron chi connectivity index (χ0n) is 30.3. The van der Waals surface area contributed by atoms with E-state index in [4.69, 9.17) is 4.42 Å². The first-order chi connectivity index (χ1) is 27.7. The molecule has 11 aromatic rings. The number of hydrogen-bond acceptors (Lipinski definition) is 2. The van der Waals surface area contributed by atoms with Crippen molar-refractivity contribution in [2.45, 2.75) is 0 Å². The van der Waals surface area contributed by atoms with Gasteiger partial charge in [0.25, 0.3) is 0 Å². The van der Waals surface area contributed by atoms with Crippen LogP contribution in [0.3, 0.4) is 0 Å². The monoisotopic (exact) mass is 728 g/mol. The molecule has 0 bridgehead atoms. The molecule has 56 heavy (non-hydrogen) atoms. The second kappa shape index (κ2) is 12.3. The van der Waals surface area contributed by atoms with Gasteiger partial charge >= 0.3 is 0 Å². The summed E-state index contributed by atoms with van der Waals surface area (Å²) in [6.45, 7) is 0. The van der Waals surface area contributed by atoms with Crippen molar-refractivity contribution in [2.75, 3.05) is 0 Å². The summed E-state index contributed by atoms with van der Waals surface area (Å²) in [5, 5.41) is 4.87. The number of furan rings is 1. The van der Waals surface area contributed by atoms with E-state index in [-0.39, 0.29) is 0 Å². The lowest BCUT2D eigenvalue weighted by molar-refractivity contribution is 0.669. The molecule has 1 aliphatic rings. The van der Waals surface area contributed by atoms with Gasteiger partial charge in [-0.1, -0.05) is 140 Å². The molecule has 9 aromatic carbocycles. The molecule has 0 spiro atoms. The molecule has 2 aromatic heterocycles. The van der Waals surface area contributed by atoms with E-state index >= 15 is 0 Å². The normalized spacial score (nSPS) is 11.9. The highest BCUT2D eigenvalue weighted by atomic mass is 32.1. The molecule has 2 heteroatoms. The lowest BCUT2D eigenvalue weighted by Gasteiger charge is -2.25. The molecular formula is C54H32OS. The maximum Gasteiger partial charge on any atom is 0.135 e. The second-order valence-electron chi connectivity index (χ2n) is 14.8. The van der Waals surface area contributed by atoms with Crippen molar-refractivity contribution in [1.82, 2.24) is 0 Å². The van der Waals surface area contributed by atoms with Gasteiger partial charge in [-0.25, -0.2) is 0 Å². The van der Waals surface area contributed by atoms with Crippen molar-refractivity contribution in [1.29, 1.82) is 0 Å². The molecule has 1 aliphatic carbocycles. The Hall–Kier alpha value is -7.00. The molecule has 12 rings (SSSR count). The van der Waals surface area contributed by atoms with Crippen molar-refractivity contribution in [3.8, 4) is 77.9 Å². The van der Waals surface area contributed by atoms with Crippen LogP contribution in [0.4, 0.5) is 0 Å². The van der Waals surface area contributed by atoms with Gasteiger partial charge in [-0.05, 0) is 132 Å². The summed E-state index contributed by atoms with van der Waals surface area (Å²) in [6, 6.07) is 71.4. The number of fused-ring (bicyclic) bond motifs is 14. The minimum Gasteiger partial charge on any atom is -0.456 e. The molecule has 0 saturated heterocycles. The summed E-state index contributed by atoms with van der Waals surface area (Å²) in [5.41, 5.74) is 18.9. The summed E-state index contributed by atoms with van der Waals surface area (Å²) in [4.78, 5) is 0. The summed E-state index contributed by atoms with van der Waals surface area (Å²) in [6.07, 6.45) is 0. The Morgan fingerprint density at radius 1 is 0.268 bits per heavy atom. The quantitative estimate of drug-likeness (QED) is 0.177. The van der Waals surface area contributed by atoms with Crippen LogP contribution in [0.5, 0.6) is 0 Å². The van der Waals surface area contributed by atoms with Crippen LogP contribution in [0, 0.1) is 0 Å². The third-order valence-electron chi connectivity index (χ3n) is 11.6. The zero-order chi connectivity index (χ0) is 36.7. The van der Waals surface area contributed by atoms with Crippen LogP contribution in [-0.4, -0.2) is 0 Å². The van der Waals surface area contributed by atoms with Gasteiger partial charge < -0.3 is 4.42 Å². The predicted molar refractivity (Wildman–Crippen MR) is 238 cm³/mol. The van der Waals surface area contributed by atoms with E-state index < -0.39 is 0 Å². The number of hydrogen-bond donors (Lipinski definition) is 0. The van der Waals surface area contributed by atoms with Crippen LogP contribution in [0.15, 0.2) is 199 Å². The summed E-state index contributed by atoms with van der Waals surface area (Å²) >= 11 is 1.86. The van der Waals surface area contributed by atoms with Crippen molar-refractivity contribution in [3.63, 3.8) is 0 Å². The third kappa shape index (κ3) is 4.80. The van der Waals surface area contributed by atoms with Crippen LogP contribution >= 0.6 is 11.3 Å². The summed E-state index contributed by atoms with van der Waals surface area (Å²) in [7, 11) is 0. The van der Waals surface area contributed by atoms with E-state index in [2.05, 4.69) is 188 Å². The minimum absolute atomic E-state index is 0.904. The molecule has 0 unspecified atom stereocenters. The third-order valence-corrected chi connectivity index (χ3v) is 12.8. The Kier molecular flexibility index (Phi) is 6.87. The Morgan fingerprint density at radius 3 is 1.48 bits per heavy atom. The standard InChI is InChI=1S/C54H32OS/c1-2-13-40-39(12-1)41-14-3-4-15-43(41)47-21-11-20-38(54(47)46-19-6-5-16-42(40)46)37-29-35(33-24-26-51-48(31-33)44-17-7-9-22-50(44)55-51)28-36(30-37)34-25-27-53-49(32-34)45-18-8-10-23-52(45)56-53/h1-32H. The first-order valence-corrected chi connectivity index (χ1v) is 20.0. The van der Waals surface area contributed by atoms with Crippen LogP contribution < -0.4 is 0 Å². The highest BCUT2D eigenvalue weighted by Gasteiger charge is 2.24. The lowest BCUT2D eigenvalue weighted by atomic mass is 9.78. The molecular weight excluding hydrogens is 697 g/mol. The maximum absolute atomic E-state index is 6.27. The van der Waals surface area contributed by atoms with Crippen LogP contribution in [0.1, 0.15) is 0 Å². The smallest absolute Gasteiger partial charge is 0.135 e. The summed E-state index contributed by atoms with van der Waals surface area (Å²) < 4.78 is 8.90. The topological polar surface area (TPSA) is 13.1 Å². The van der Waals surface area contributed by atoms with E-state index in [0.29, 0.717) is 0 Å². The highest BCUT2D eigenvalue weighted by Crippen LogP contribution is 2.51. The largest absolute Gasteiger partial charge is 0.456 e. The molecule has 260 valence electrons. The Labute approximate surface area is 328 Å². The average Bonchev–Trinajstić information content (AvgIpc) is 3.83. The Balaban J connectivity index is 1.15. The molecule has 1 nitrogen and oxygen atoms in total. The first kappa shape index (κ1) is 31.4. The summed E-state index contributed by atoms with van der Waals surface area (Å²) in [5.74, 6) is 0. The van der Waals surface area contributed by atoms with E-state index in [1.807, 2.05) is 17.4 Å². The van der Waals surface area contributed by atoms with Gasteiger partial charge in [0, 0.05) is 30.9 Å². The number of thiophene rings is 1. The van der Waals surface area contributed by atoms with Crippen LogP contribution in [-0.2, 0) is 0 Å². The number of rotatable bonds is 3. The van der Waals surface area contributed by atoms with Gasteiger partial charge in [-0.15, -0.1) is 11.3 Å². The lowest BCUT2D eigenvalue weighted by Crippen LogP contribution is -1.99. The number of para-hydroxylation sites is 1. The fraction of sp³-hybridized carbons (Fsp3) is 0. The molecule has 0 saturated carbocycles. The molecule has 0 amide bonds. The Morgan fingerprint density at radius 2 is 0.750 bits per heavy atom. The molecule has 2 heterocycles. The fourth-order valence-electron chi connectivity index (χ4n) is 9.08. The van der Waals surface area contributed by atoms with Crippen molar-refractivity contribution in [3.05, 3.63) is 194 Å². The highest BCUT2D eigenvalue weighted by molar-refractivity contribution is 7.25. The average molecular weight is 729 g/mol. The van der Waals surface area contributed by atoms with Gasteiger partial charge in [0.15, 0.2) is 0 Å². The maximum atomic E-state index is 6.27. The van der Waals surface area contributed by atoms with Gasteiger partial charge in [-0.2, -0.15) is 0 Å². The zero-order valence-corrected chi connectivity index (χ0v) is 31.1. The first-order valence-electron chi connectivity index (χ1n) is 19.2. The van der Waals surface area contributed by atoms with E-state index in [1.165, 1.54) is 92.5 Å². The van der Waals surface area contributed by atoms with Gasteiger partial charge in [0.05, 0.1) is 0 Å². The van der Waals surface area contributed by atoms with Gasteiger partial charge in [0.2, 0.25) is 0 Å². The van der Waals surface area contributed by atoms with E-state index in [1.54, 1.807) is 0 Å².